The molecule has 0 bridgehead atoms. The topological polar surface area (TPSA) is 19.4 Å². The van der Waals surface area contributed by atoms with Gasteiger partial charge in [0.1, 0.15) is 5.82 Å². The van der Waals surface area contributed by atoms with Crippen molar-refractivity contribution >= 4 is 5.82 Å². The summed E-state index contributed by atoms with van der Waals surface area (Å²) in [7, 11) is 4.10. The van der Waals surface area contributed by atoms with E-state index in [1.807, 2.05) is 14.1 Å². The lowest BCUT2D eigenvalue weighted by atomic mass is 9.93. The molecule has 0 amide bonds. The fourth-order valence-corrected chi connectivity index (χ4v) is 3.19. The van der Waals surface area contributed by atoms with Crippen molar-refractivity contribution in [2.45, 2.75) is 46.1 Å². The molecule has 0 saturated carbocycles. The molecule has 1 saturated heterocycles. The van der Waals surface area contributed by atoms with Crippen LogP contribution < -0.4 is 4.90 Å². The molecule has 0 aromatic carbocycles. The Labute approximate surface area is 124 Å². The summed E-state index contributed by atoms with van der Waals surface area (Å²) in [5.74, 6) is 1.78. The fourth-order valence-electron chi connectivity index (χ4n) is 3.19. The summed E-state index contributed by atoms with van der Waals surface area (Å²) in [6.07, 6.45) is 3.95. The number of hydrogen-bond acceptors (Lipinski definition) is 3. The largest absolute Gasteiger partial charge is 0.363 e. The van der Waals surface area contributed by atoms with E-state index in [-0.39, 0.29) is 0 Å². The first-order chi connectivity index (χ1) is 9.49. The second kappa shape index (κ2) is 6.57. The first-order valence-electron chi connectivity index (χ1n) is 7.88. The van der Waals surface area contributed by atoms with Gasteiger partial charge in [-0.3, -0.25) is 4.90 Å². The van der Waals surface area contributed by atoms with Crippen LogP contribution in [0.3, 0.4) is 0 Å². The van der Waals surface area contributed by atoms with Gasteiger partial charge in [-0.05, 0) is 43.9 Å². The zero-order valence-corrected chi connectivity index (χ0v) is 13.7. The van der Waals surface area contributed by atoms with Gasteiger partial charge in [-0.15, -0.1) is 0 Å². The molecule has 0 radical (unpaired) electrons. The first-order valence-corrected chi connectivity index (χ1v) is 7.88. The highest BCUT2D eigenvalue weighted by Gasteiger charge is 2.26. The number of nitrogens with zero attached hydrogens (tertiary/aromatic N) is 3. The molecule has 3 heteroatoms. The molecule has 112 valence electrons. The van der Waals surface area contributed by atoms with E-state index in [9.17, 15) is 0 Å². The van der Waals surface area contributed by atoms with Gasteiger partial charge in [-0.2, -0.15) is 0 Å². The van der Waals surface area contributed by atoms with E-state index in [0.29, 0.717) is 6.04 Å². The molecular formula is C17H29N3. The van der Waals surface area contributed by atoms with E-state index in [4.69, 9.17) is 4.98 Å². The Morgan fingerprint density at radius 3 is 2.65 bits per heavy atom. The van der Waals surface area contributed by atoms with Gasteiger partial charge in [0, 0.05) is 32.4 Å². The third kappa shape index (κ3) is 3.51. The van der Waals surface area contributed by atoms with E-state index < -0.39 is 0 Å². The summed E-state index contributed by atoms with van der Waals surface area (Å²) in [6, 6.07) is 5.01. The standard InChI is InChI=1S/C17H29N3/c1-13(2)12-20-11-7-6-8-16(20)15-9-10-17(19(4)5)18-14(15)3/h9-10,13,16H,6-8,11-12H2,1-5H3/t16-/m1/s1. The highest BCUT2D eigenvalue weighted by Crippen LogP contribution is 2.33. The Morgan fingerprint density at radius 2 is 2.05 bits per heavy atom. The third-order valence-electron chi connectivity index (χ3n) is 4.14. The number of piperidine rings is 1. The highest BCUT2D eigenvalue weighted by molar-refractivity contribution is 5.41. The van der Waals surface area contributed by atoms with Crippen LogP contribution in [-0.4, -0.2) is 37.1 Å². The maximum atomic E-state index is 4.76. The summed E-state index contributed by atoms with van der Waals surface area (Å²) in [6.45, 7) is 9.21. The minimum atomic E-state index is 0.565. The maximum Gasteiger partial charge on any atom is 0.128 e. The van der Waals surface area contributed by atoms with Gasteiger partial charge < -0.3 is 4.90 Å². The normalized spacial score (nSPS) is 20.4. The van der Waals surface area contributed by atoms with E-state index >= 15 is 0 Å². The lowest BCUT2D eigenvalue weighted by Gasteiger charge is -2.37. The molecular weight excluding hydrogens is 246 g/mol. The van der Waals surface area contributed by atoms with Crippen LogP contribution in [0.25, 0.3) is 0 Å². The zero-order chi connectivity index (χ0) is 14.7. The minimum Gasteiger partial charge on any atom is -0.363 e. The lowest BCUT2D eigenvalue weighted by Crippen LogP contribution is -2.36. The summed E-state index contributed by atoms with van der Waals surface area (Å²) in [5.41, 5.74) is 2.62. The van der Waals surface area contributed by atoms with Crippen LogP contribution in [0.1, 0.15) is 50.4 Å². The van der Waals surface area contributed by atoms with Crippen molar-refractivity contribution in [2.75, 3.05) is 32.1 Å². The number of hydrogen-bond donors (Lipinski definition) is 0. The van der Waals surface area contributed by atoms with Crippen LogP contribution in [-0.2, 0) is 0 Å². The van der Waals surface area contributed by atoms with E-state index in [2.05, 4.69) is 42.7 Å². The molecule has 20 heavy (non-hydrogen) atoms. The summed E-state index contributed by atoms with van der Waals surface area (Å²) < 4.78 is 0. The summed E-state index contributed by atoms with van der Waals surface area (Å²) >= 11 is 0. The number of aryl methyl sites for hydroxylation is 1. The summed E-state index contributed by atoms with van der Waals surface area (Å²) in [5, 5.41) is 0. The molecule has 1 aromatic heterocycles. The third-order valence-corrected chi connectivity index (χ3v) is 4.14. The van der Waals surface area contributed by atoms with Crippen molar-refractivity contribution in [3.8, 4) is 0 Å². The smallest absolute Gasteiger partial charge is 0.128 e. The fraction of sp³-hybridized carbons (Fsp3) is 0.706. The number of pyridine rings is 1. The average Bonchev–Trinajstić information content (AvgIpc) is 2.39. The second-order valence-electron chi connectivity index (χ2n) is 6.64. The predicted molar refractivity (Wildman–Crippen MR) is 86.3 cm³/mol. The van der Waals surface area contributed by atoms with Crippen LogP contribution in [0, 0.1) is 12.8 Å². The molecule has 1 aliphatic heterocycles. The zero-order valence-electron chi connectivity index (χ0n) is 13.7. The molecule has 0 aliphatic carbocycles. The van der Waals surface area contributed by atoms with Crippen LogP contribution in [0.15, 0.2) is 12.1 Å². The number of anilines is 1. The molecule has 2 heterocycles. The van der Waals surface area contributed by atoms with Gasteiger partial charge in [0.05, 0.1) is 0 Å². The van der Waals surface area contributed by atoms with Crippen molar-refractivity contribution in [1.82, 2.24) is 9.88 Å². The summed E-state index contributed by atoms with van der Waals surface area (Å²) in [4.78, 5) is 9.49. The Hall–Kier alpha value is -1.09. The molecule has 1 aromatic rings. The molecule has 1 aliphatic rings. The SMILES string of the molecule is Cc1nc(N(C)C)ccc1[C@H]1CCCCN1CC(C)C. The van der Waals surface area contributed by atoms with E-state index in [1.54, 1.807) is 0 Å². The minimum absolute atomic E-state index is 0.565. The van der Waals surface area contributed by atoms with Gasteiger partial charge >= 0.3 is 0 Å². The second-order valence-corrected chi connectivity index (χ2v) is 6.64. The predicted octanol–water partition coefficient (Wildman–Crippen LogP) is 3.64. The van der Waals surface area contributed by atoms with Crippen molar-refractivity contribution in [3.05, 3.63) is 23.4 Å². The molecule has 2 rings (SSSR count). The number of rotatable bonds is 4. The van der Waals surface area contributed by atoms with Crippen LogP contribution in [0.2, 0.25) is 0 Å². The lowest BCUT2D eigenvalue weighted by molar-refractivity contribution is 0.131. The Bertz CT molecular complexity index is 440. The van der Waals surface area contributed by atoms with Crippen molar-refractivity contribution in [2.24, 2.45) is 5.92 Å². The molecule has 0 unspecified atom stereocenters. The molecule has 0 N–H and O–H groups in total. The Morgan fingerprint density at radius 1 is 1.30 bits per heavy atom. The van der Waals surface area contributed by atoms with Gasteiger partial charge in [0.2, 0.25) is 0 Å². The van der Waals surface area contributed by atoms with E-state index in [0.717, 1.165) is 11.7 Å². The molecule has 1 atom stereocenters. The van der Waals surface area contributed by atoms with Gasteiger partial charge in [0.15, 0.2) is 0 Å². The van der Waals surface area contributed by atoms with Crippen LogP contribution in [0.4, 0.5) is 5.82 Å². The first kappa shape index (κ1) is 15.3. The molecule has 3 nitrogen and oxygen atoms in total. The molecule has 0 spiro atoms. The average molecular weight is 275 g/mol. The van der Waals surface area contributed by atoms with Crippen molar-refractivity contribution in [3.63, 3.8) is 0 Å². The quantitative estimate of drug-likeness (QED) is 0.836. The molecule has 1 fully saturated rings. The van der Waals surface area contributed by atoms with Gasteiger partial charge in [-0.1, -0.05) is 26.3 Å². The monoisotopic (exact) mass is 275 g/mol. The van der Waals surface area contributed by atoms with Crippen LogP contribution in [0.5, 0.6) is 0 Å². The maximum absolute atomic E-state index is 4.76. The van der Waals surface area contributed by atoms with Crippen molar-refractivity contribution < 1.29 is 0 Å². The number of likely N-dealkylation sites (tertiary alicyclic amines) is 1. The van der Waals surface area contributed by atoms with E-state index in [1.165, 1.54) is 43.6 Å². The highest BCUT2D eigenvalue weighted by atomic mass is 15.2. The van der Waals surface area contributed by atoms with Crippen LogP contribution >= 0.6 is 0 Å². The Kier molecular flexibility index (Phi) is 5.03. The Balaban J connectivity index is 2.23. The van der Waals surface area contributed by atoms with Gasteiger partial charge in [0.25, 0.3) is 0 Å². The van der Waals surface area contributed by atoms with Crippen molar-refractivity contribution in [1.29, 1.82) is 0 Å². The van der Waals surface area contributed by atoms with Gasteiger partial charge in [-0.25, -0.2) is 4.98 Å². The number of aromatic nitrogens is 1.